The molecule has 132 valence electrons. The lowest BCUT2D eigenvalue weighted by molar-refractivity contribution is 0.0947. The number of fused-ring (bicyclic) bond motifs is 2. The molecule has 0 aliphatic heterocycles. The second-order valence-corrected chi connectivity index (χ2v) is 6.48. The number of aryl methyl sites for hydroxylation is 1. The molecule has 0 fully saturated rings. The fourth-order valence-corrected chi connectivity index (χ4v) is 3.22. The molecule has 0 radical (unpaired) electrons. The Morgan fingerprint density at radius 2 is 2.08 bits per heavy atom. The average Bonchev–Trinajstić information content (AvgIpc) is 3.21. The normalized spacial score (nSPS) is 11.3. The van der Waals surface area contributed by atoms with E-state index in [4.69, 9.17) is 11.6 Å². The smallest absolute Gasteiger partial charge is 0.270 e. The van der Waals surface area contributed by atoms with Gasteiger partial charge < -0.3 is 10.3 Å². The van der Waals surface area contributed by atoms with Crippen LogP contribution in [0.2, 0.25) is 5.02 Å². The summed E-state index contributed by atoms with van der Waals surface area (Å²) in [6.07, 6.45) is 3.02. The topological polar surface area (TPSA) is 75.1 Å². The van der Waals surface area contributed by atoms with Crippen LogP contribution >= 0.6 is 11.6 Å². The van der Waals surface area contributed by atoms with Crippen molar-refractivity contribution in [1.82, 2.24) is 24.7 Å². The second-order valence-electron chi connectivity index (χ2n) is 6.04. The molecule has 6 nitrogen and oxygen atoms in total. The number of imidazole rings is 2. The first-order valence-electron chi connectivity index (χ1n) is 8.54. The Hall–Kier alpha value is -2.86. The van der Waals surface area contributed by atoms with Gasteiger partial charge in [-0.25, -0.2) is 9.97 Å². The summed E-state index contributed by atoms with van der Waals surface area (Å²) in [5, 5.41) is 3.53. The van der Waals surface area contributed by atoms with Gasteiger partial charge in [0.15, 0.2) is 0 Å². The molecule has 4 rings (SSSR count). The predicted octanol–water partition coefficient (Wildman–Crippen LogP) is 3.40. The molecule has 3 heterocycles. The van der Waals surface area contributed by atoms with E-state index >= 15 is 0 Å². The second kappa shape index (κ2) is 6.80. The molecule has 3 aromatic heterocycles. The molecule has 2 N–H and O–H groups in total. The van der Waals surface area contributed by atoms with Crippen LogP contribution in [-0.4, -0.2) is 31.8 Å². The number of nitrogens with zero attached hydrogens (tertiary/aromatic N) is 3. The first kappa shape index (κ1) is 16.6. The van der Waals surface area contributed by atoms with E-state index in [9.17, 15) is 4.79 Å². The van der Waals surface area contributed by atoms with Gasteiger partial charge >= 0.3 is 0 Å². The number of aromatic amines is 1. The number of aromatic nitrogens is 4. The largest absolute Gasteiger partial charge is 0.350 e. The minimum absolute atomic E-state index is 0.160. The summed E-state index contributed by atoms with van der Waals surface area (Å²) in [7, 11) is 0. The van der Waals surface area contributed by atoms with Crippen LogP contribution in [0.4, 0.5) is 0 Å². The number of halogens is 1. The number of carbonyl (C=O) groups excluding carboxylic acids is 1. The number of carbonyl (C=O) groups is 1. The van der Waals surface area contributed by atoms with Crippen molar-refractivity contribution < 1.29 is 4.79 Å². The monoisotopic (exact) mass is 367 g/mol. The van der Waals surface area contributed by atoms with Crippen LogP contribution in [0, 0.1) is 0 Å². The van der Waals surface area contributed by atoms with E-state index in [0.29, 0.717) is 35.8 Å². The lowest BCUT2D eigenvalue weighted by Crippen LogP contribution is -2.28. The molecule has 0 saturated heterocycles. The van der Waals surface area contributed by atoms with Crippen molar-refractivity contribution in [2.45, 2.75) is 19.8 Å². The number of pyridine rings is 1. The zero-order valence-electron chi connectivity index (χ0n) is 14.3. The van der Waals surface area contributed by atoms with Crippen molar-refractivity contribution in [3.63, 3.8) is 0 Å². The standard InChI is InChI=1S/C19H18ClN5O/c1-2-13-18(25-11-12(20)7-8-17(25)24-13)19(26)21-10-9-16-22-14-5-3-4-6-15(14)23-16/h3-8,11H,2,9-10H2,1H3,(H,21,26)(H,22,23). The van der Waals surface area contributed by atoms with Gasteiger partial charge in [-0.15, -0.1) is 0 Å². The molecule has 0 bridgehead atoms. The van der Waals surface area contributed by atoms with Crippen LogP contribution in [0.3, 0.4) is 0 Å². The molecule has 0 atom stereocenters. The third-order valence-corrected chi connectivity index (χ3v) is 4.51. The molecule has 1 aromatic carbocycles. The molecule has 7 heteroatoms. The van der Waals surface area contributed by atoms with Gasteiger partial charge in [-0.3, -0.25) is 9.20 Å². The summed E-state index contributed by atoms with van der Waals surface area (Å²) in [4.78, 5) is 25.0. The molecule has 0 aliphatic carbocycles. The first-order chi connectivity index (χ1) is 12.7. The average molecular weight is 368 g/mol. The van der Waals surface area contributed by atoms with Crippen LogP contribution in [0.5, 0.6) is 0 Å². The number of hydrogen-bond acceptors (Lipinski definition) is 3. The van der Waals surface area contributed by atoms with Crippen LogP contribution in [0.15, 0.2) is 42.6 Å². The van der Waals surface area contributed by atoms with Crippen LogP contribution in [-0.2, 0) is 12.8 Å². The van der Waals surface area contributed by atoms with Crippen molar-refractivity contribution in [3.8, 4) is 0 Å². The van der Waals surface area contributed by atoms with Crippen LogP contribution in [0.25, 0.3) is 16.7 Å². The van der Waals surface area contributed by atoms with E-state index in [1.165, 1.54) is 0 Å². The zero-order chi connectivity index (χ0) is 18.1. The molecule has 4 aromatic rings. The Bertz CT molecular complexity index is 1060. The van der Waals surface area contributed by atoms with E-state index in [2.05, 4.69) is 20.3 Å². The molecule has 1 amide bonds. The Morgan fingerprint density at radius 3 is 2.88 bits per heavy atom. The Morgan fingerprint density at radius 1 is 1.23 bits per heavy atom. The van der Waals surface area contributed by atoms with Crippen molar-refractivity contribution in [3.05, 3.63) is 64.8 Å². The minimum atomic E-state index is -0.160. The third-order valence-electron chi connectivity index (χ3n) is 4.29. The van der Waals surface area contributed by atoms with E-state index in [0.717, 1.165) is 22.6 Å². The lowest BCUT2D eigenvalue weighted by Gasteiger charge is -2.06. The number of para-hydroxylation sites is 2. The van der Waals surface area contributed by atoms with Gasteiger partial charge in [0.25, 0.3) is 5.91 Å². The van der Waals surface area contributed by atoms with Gasteiger partial charge in [0.05, 0.1) is 21.7 Å². The fourth-order valence-electron chi connectivity index (χ4n) is 3.06. The summed E-state index contributed by atoms with van der Waals surface area (Å²) < 4.78 is 1.75. The summed E-state index contributed by atoms with van der Waals surface area (Å²) >= 11 is 6.08. The summed E-state index contributed by atoms with van der Waals surface area (Å²) in [5.74, 6) is 0.691. The fraction of sp³-hybridized carbons (Fsp3) is 0.211. The molecule has 0 aliphatic rings. The van der Waals surface area contributed by atoms with Crippen LogP contribution < -0.4 is 5.32 Å². The number of H-pyrrole nitrogens is 1. The van der Waals surface area contributed by atoms with Gasteiger partial charge in [0.2, 0.25) is 0 Å². The van der Waals surface area contributed by atoms with E-state index in [1.54, 1.807) is 16.7 Å². The van der Waals surface area contributed by atoms with Crippen molar-refractivity contribution in [1.29, 1.82) is 0 Å². The maximum absolute atomic E-state index is 12.7. The van der Waals surface area contributed by atoms with Gasteiger partial charge in [-0.1, -0.05) is 30.7 Å². The van der Waals surface area contributed by atoms with Crippen molar-refractivity contribution in [2.24, 2.45) is 0 Å². The van der Waals surface area contributed by atoms with Gasteiger partial charge in [0.1, 0.15) is 17.2 Å². The first-order valence-corrected chi connectivity index (χ1v) is 8.92. The number of hydrogen-bond donors (Lipinski definition) is 2. The lowest BCUT2D eigenvalue weighted by atomic mass is 10.2. The predicted molar refractivity (Wildman–Crippen MR) is 102 cm³/mol. The third kappa shape index (κ3) is 3.04. The van der Waals surface area contributed by atoms with Crippen molar-refractivity contribution in [2.75, 3.05) is 6.54 Å². The van der Waals surface area contributed by atoms with E-state index in [1.807, 2.05) is 37.3 Å². The van der Waals surface area contributed by atoms with Crippen molar-refractivity contribution >= 4 is 34.2 Å². The number of amides is 1. The Balaban J connectivity index is 1.51. The van der Waals surface area contributed by atoms with E-state index < -0.39 is 0 Å². The van der Waals surface area contributed by atoms with Gasteiger partial charge in [-0.05, 0) is 30.7 Å². The van der Waals surface area contributed by atoms with Crippen LogP contribution in [0.1, 0.15) is 28.9 Å². The molecule has 0 unspecified atom stereocenters. The number of benzene rings is 1. The molecule has 0 saturated carbocycles. The number of rotatable bonds is 5. The molecule has 0 spiro atoms. The van der Waals surface area contributed by atoms with Gasteiger partial charge in [0, 0.05) is 19.2 Å². The molecular weight excluding hydrogens is 350 g/mol. The minimum Gasteiger partial charge on any atom is -0.350 e. The maximum atomic E-state index is 12.7. The highest BCUT2D eigenvalue weighted by molar-refractivity contribution is 6.30. The Kier molecular flexibility index (Phi) is 4.34. The molecule has 26 heavy (non-hydrogen) atoms. The quantitative estimate of drug-likeness (QED) is 0.567. The molecular formula is C19H18ClN5O. The Labute approximate surface area is 155 Å². The summed E-state index contributed by atoms with van der Waals surface area (Å²) in [6.45, 7) is 2.46. The van der Waals surface area contributed by atoms with Gasteiger partial charge in [-0.2, -0.15) is 0 Å². The highest BCUT2D eigenvalue weighted by Gasteiger charge is 2.18. The zero-order valence-corrected chi connectivity index (χ0v) is 15.0. The highest BCUT2D eigenvalue weighted by Crippen LogP contribution is 2.17. The van der Waals surface area contributed by atoms with E-state index in [-0.39, 0.29) is 5.91 Å². The highest BCUT2D eigenvalue weighted by atomic mass is 35.5. The SMILES string of the molecule is CCc1nc2ccc(Cl)cn2c1C(=O)NCCc1nc2ccccc2[nH]1. The number of nitrogens with one attached hydrogen (secondary N) is 2. The summed E-state index contributed by atoms with van der Waals surface area (Å²) in [6, 6.07) is 11.5. The maximum Gasteiger partial charge on any atom is 0.270 e. The summed E-state index contributed by atoms with van der Waals surface area (Å²) in [5.41, 5.74) is 3.94.